The lowest BCUT2D eigenvalue weighted by molar-refractivity contribution is 0.0795. The Kier molecular flexibility index (Phi) is 4.09. The molecule has 1 aliphatic rings. The van der Waals surface area contributed by atoms with E-state index in [-0.39, 0.29) is 11.8 Å². The maximum absolute atomic E-state index is 12.5. The summed E-state index contributed by atoms with van der Waals surface area (Å²) in [5, 5.41) is 1.93. The van der Waals surface area contributed by atoms with Crippen LogP contribution in [0.3, 0.4) is 0 Å². The molecule has 25 heavy (non-hydrogen) atoms. The van der Waals surface area contributed by atoms with Gasteiger partial charge in [0.1, 0.15) is 11.5 Å². The highest BCUT2D eigenvalue weighted by atomic mass is 32.1. The van der Waals surface area contributed by atoms with Crippen LogP contribution < -0.4 is 0 Å². The van der Waals surface area contributed by atoms with Crippen molar-refractivity contribution in [2.75, 3.05) is 13.1 Å². The summed E-state index contributed by atoms with van der Waals surface area (Å²) >= 11 is 1.49. The summed E-state index contributed by atoms with van der Waals surface area (Å²) in [4.78, 5) is 29.0. The van der Waals surface area contributed by atoms with Gasteiger partial charge in [0.05, 0.1) is 4.88 Å². The van der Waals surface area contributed by atoms with Gasteiger partial charge in [0.2, 0.25) is 0 Å². The number of hydrogen-bond donors (Lipinski definition) is 0. The molecular weight excluding hydrogens is 334 g/mol. The van der Waals surface area contributed by atoms with E-state index >= 15 is 0 Å². The number of amides is 1. The van der Waals surface area contributed by atoms with Crippen LogP contribution in [0.4, 0.5) is 0 Å². The van der Waals surface area contributed by atoms with Gasteiger partial charge in [-0.15, -0.1) is 11.3 Å². The highest BCUT2D eigenvalue weighted by Crippen LogP contribution is 2.28. The van der Waals surface area contributed by atoms with Gasteiger partial charge in [-0.25, -0.2) is 15.0 Å². The van der Waals surface area contributed by atoms with E-state index in [1.54, 1.807) is 6.20 Å². The standard InChI is InChI=1S/C18H19N5OS/c1-12-10-14(17-19-6-8-22(17)2)21-16(20-12)13-5-7-23(11-13)18(24)15-4-3-9-25-15/h3-4,6,8-10,13H,5,7,11H2,1-2H3/t13-/m1/s1. The van der Waals surface area contributed by atoms with Gasteiger partial charge < -0.3 is 9.47 Å². The fourth-order valence-corrected chi connectivity index (χ4v) is 3.90. The molecule has 3 aromatic rings. The molecule has 0 aliphatic carbocycles. The predicted molar refractivity (Wildman–Crippen MR) is 96.6 cm³/mol. The second kappa shape index (κ2) is 6.40. The van der Waals surface area contributed by atoms with E-state index < -0.39 is 0 Å². The number of rotatable bonds is 3. The number of thiophene rings is 1. The SMILES string of the molecule is Cc1cc(-c2nccn2C)nc([C@@H]2CCN(C(=O)c3cccs3)C2)n1. The van der Waals surface area contributed by atoms with Crippen molar-refractivity contribution in [1.82, 2.24) is 24.4 Å². The number of aromatic nitrogens is 4. The molecule has 3 aromatic heterocycles. The van der Waals surface area contributed by atoms with Crippen LogP contribution in [-0.2, 0) is 7.05 Å². The fraction of sp³-hybridized carbons (Fsp3) is 0.333. The van der Waals surface area contributed by atoms with Crippen LogP contribution in [0.15, 0.2) is 36.0 Å². The smallest absolute Gasteiger partial charge is 0.263 e. The Bertz CT molecular complexity index is 902. The zero-order valence-electron chi connectivity index (χ0n) is 14.2. The van der Waals surface area contributed by atoms with Gasteiger partial charge in [-0.05, 0) is 30.9 Å². The summed E-state index contributed by atoms with van der Waals surface area (Å²) in [5.41, 5.74) is 1.75. The molecular formula is C18H19N5OS. The third-order valence-corrected chi connectivity index (χ3v) is 5.35. The number of nitrogens with zero attached hydrogens (tertiary/aromatic N) is 5. The highest BCUT2D eigenvalue weighted by molar-refractivity contribution is 7.12. The molecule has 1 aliphatic heterocycles. The van der Waals surface area contributed by atoms with Gasteiger partial charge in [0.25, 0.3) is 5.91 Å². The van der Waals surface area contributed by atoms with E-state index in [1.165, 1.54) is 11.3 Å². The number of imidazole rings is 1. The first-order chi connectivity index (χ1) is 12.1. The van der Waals surface area contributed by atoms with Crippen molar-refractivity contribution >= 4 is 17.2 Å². The second-order valence-electron chi connectivity index (χ2n) is 6.33. The first kappa shape index (κ1) is 16.0. The third-order valence-electron chi connectivity index (χ3n) is 4.49. The minimum atomic E-state index is 0.106. The molecule has 0 N–H and O–H groups in total. The lowest BCUT2D eigenvalue weighted by Gasteiger charge is -2.15. The lowest BCUT2D eigenvalue weighted by Crippen LogP contribution is -2.28. The van der Waals surface area contributed by atoms with Crippen molar-refractivity contribution in [3.63, 3.8) is 0 Å². The van der Waals surface area contributed by atoms with E-state index in [0.717, 1.165) is 40.9 Å². The molecule has 4 heterocycles. The average molecular weight is 353 g/mol. The Hall–Kier alpha value is -2.54. The quantitative estimate of drug-likeness (QED) is 0.726. The van der Waals surface area contributed by atoms with Crippen molar-refractivity contribution in [3.05, 3.63) is 52.4 Å². The van der Waals surface area contributed by atoms with Gasteiger partial charge in [-0.1, -0.05) is 6.07 Å². The first-order valence-electron chi connectivity index (χ1n) is 8.28. The molecule has 0 spiro atoms. The van der Waals surface area contributed by atoms with Crippen molar-refractivity contribution in [1.29, 1.82) is 0 Å². The fourth-order valence-electron chi connectivity index (χ4n) is 3.21. The number of carbonyl (C=O) groups excluding carboxylic acids is 1. The molecule has 0 aromatic carbocycles. The maximum atomic E-state index is 12.5. The van der Waals surface area contributed by atoms with E-state index in [0.29, 0.717) is 6.54 Å². The normalized spacial score (nSPS) is 17.2. The summed E-state index contributed by atoms with van der Waals surface area (Å²) in [5.74, 6) is 1.91. The Morgan fingerprint density at radius 3 is 2.96 bits per heavy atom. The Morgan fingerprint density at radius 1 is 1.36 bits per heavy atom. The van der Waals surface area contributed by atoms with Crippen molar-refractivity contribution in [3.8, 4) is 11.5 Å². The molecule has 1 atom stereocenters. The van der Waals surface area contributed by atoms with Gasteiger partial charge in [-0.2, -0.15) is 0 Å². The summed E-state index contributed by atoms with van der Waals surface area (Å²) in [6, 6.07) is 5.74. The monoisotopic (exact) mass is 353 g/mol. The molecule has 0 bridgehead atoms. The number of hydrogen-bond acceptors (Lipinski definition) is 5. The molecule has 0 radical (unpaired) electrons. The van der Waals surface area contributed by atoms with Gasteiger partial charge >= 0.3 is 0 Å². The minimum Gasteiger partial charge on any atom is -0.337 e. The van der Waals surface area contributed by atoms with E-state index in [9.17, 15) is 4.79 Å². The molecule has 0 unspecified atom stereocenters. The van der Waals surface area contributed by atoms with Gasteiger partial charge in [-0.3, -0.25) is 4.79 Å². The van der Waals surface area contributed by atoms with Gasteiger partial charge in [0, 0.05) is 44.1 Å². The maximum Gasteiger partial charge on any atom is 0.263 e. The van der Waals surface area contributed by atoms with Gasteiger partial charge in [0.15, 0.2) is 5.82 Å². The molecule has 1 fully saturated rings. The van der Waals surface area contributed by atoms with Crippen molar-refractivity contribution in [2.24, 2.45) is 7.05 Å². The zero-order valence-corrected chi connectivity index (χ0v) is 15.0. The summed E-state index contributed by atoms with van der Waals surface area (Å²) < 4.78 is 1.95. The summed E-state index contributed by atoms with van der Waals surface area (Å²) in [6.45, 7) is 3.39. The number of aryl methyl sites for hydroxylation is 2. The third kappa shape index (κ3) is 3.07. The van der Waals surface area contributed by atoms with Crippen LogP contribution >= 0.6 is 11.3 Å². The molecule has 0 saturated carbocycles. The van der Waals surface area contributed by atoms with Crippen LogP contribution in [0.1, 0.15) is 33.5 Å². The predicted octanol–water partition coefficient (Wildman–Crippen LogP) is 2.88. The Labute approximate surface area is 150 Å². The molecule has 1 saturated heterocycles. The lowest BCUT2D eigenvalue weighted by atomic mass is 10.1. The molecule has 6 nitrogen and oxygen atoms in total. The van der Waals surface area contributed by atoms with Crippen LogP contribution in [-0.4, -0.2) is 43.4 Å². The van der Waals surface area contributed by atoms with E-state index in [1.807, 2.05) is 53.2 Å². The minimum absolute atomic E-state index is 0.106. The molecule has 4 rings (SSSR count). The Morgan fingerprint density at radius 2 is 2.24 bits per heavy atom. The van der Waals surface area contributed by atoms with Crippen LogP contribution in [0.25, 0.3) is 11.5 Å². The number of likely N-dealkylation sites (tertiary alicyclic amines) is 1. The second-order valence-corrected chi connectivity index (χ2v) is 7.28. The Balaban J connectivity index is 1.58. The molecule has 128 valence electrons. The largest absolute Gasteiger partial charge is 0.337 e. The van der Waals surface area contributed by atoms with Crippen LogP contribution in [0, 0.1) is 6.92 Å². The zero-order chi connectivity index (χ0) is 17.4. The van der Waals surface area contributed by atoms with E-state index in [2.05, 4.69) is 9.97 Å². The molecule has 7 heteroatoms. The van der Waals surface area contributed by atoms with E-state index in [4.69, 9.17) is 4.98 Å². The van der Waals surface area contributed by atoms with Crippen LogP contribution in [0.5, 0.6) is 0 Å². The molecule has 1 amide bonds. The first-order valence-corrected chi connectivity index (χ1v) is 9.16. The summed E-state index contributed by atoms with van der Waals surface area (Å²) in [6.07, 6.45) is 4.56. The topological polar surface area (TPSA) is 63.9 Å². The summed E-state index contributed by atoms with van der Waals surface area (Å²) in [7, 11) is 1.95. The highest BCUT2D eigenvalue weighted by Gasteiger charge is 2.30. The number of carbonyl (C=O) groups is 1. The van der Waals surface area contributed by atoms with Crippen molar-refractivity contribution in [2.45, 2.75) is 19.3 Å². The van der Waals surface area contributed by atoms with Crippen LogP contribution in [0.2, 0.25) is 0 Å². The average Bonchev–Trinajstić information content (AvgIpc) is 3.35. The van der Waals surface area contributed by atoms with Crippen molar-refractivity contribution < 1.29 is 4.79 Å².